The predicted molar refractivity (Wildman–Crippen MR) is 88.3 cm³/mol. The molecule has 1 aromatic carbocycles. The van der Waals surface area contributed by atoms with Crippen LogP contribution in [0, 0.1) is 12.7 Å². The van der Waals surface area contributed by atoms with Gasteiger partial charge in [-0.2, -0.15) is 5.10 Å². The summed E-state index contributed by atoms with van der Waals surface area (Å²) in [7, 11) is 0. The van der Waals surface area contributed by atoms with E-state index in [-0.39, 0.29) is 5.91 Å². The zero-order valence-electron chi connectivity index (χ0n) is 13.3. The van der Waals surface area contributed by atoms with Crippen LogP contribution < -0.4 is 5.32 Å². The Morgan fingerprint density at radius 3 is 2.88 bits per heavy atom. The highest BCUT2D eigenvalue weighted by molar-refractivity contribution is 5.92. The standard InChI is InChI=1S/C17H18FN5O/c1-13-19-8-11-22(13)9-2-4-17(24)21-15-12-14(18)5-6-16(15)23-10-3-7-20-23/h3,5-8,10-12H,2,4,9H2,1H3,(H,21,24). The molecule has 0 atom stereocenters. The minimum Gasteiger partial charge on any atom is -0.335 e. The third-order valence-corrected chi connectivity index (χ3v) is 3.71. The molecule has 6 nitrogen and oxygen atoms in total. The number of aryl methyl sites for hydroxylation is 2. The van der Waals surface area contributed by atoms with E-state index in [0.29, 0.717) is 30.8 Å². The van der Waals surface area contributed by atoms with Crippen LogP contribution in [0.25, 0.3) is 5.69 Å². The molecule has 7 heteroatoms. The molecule has 0 spiro atoms. The number of aromatic nitrogens is 4. The number of rotatable bonds is 6. The fourth-order valence-electron chi connectivity index (χ4n) is 2.48. The second-order valence-corrected chi connectivity index (χ2v) is 5.43. The maximum Gasteiger partial charge on any atom is 0.224 e. The van der Waals surface area contributed by atoms with E-state index in [4.69, 9.17) is 0 Å². The number of nitrogens with one attached hydrogen (secondary N) is 1. The molecule has 3 aromatic rings. The summed E-state index contributed by atoms with van der Waals surface area (Å²) in [6.45, 7) is 2.64. The first-order chi connectivity index (χ1) is 11.6. The Bertz CT molecular complexity index is 825. The van der Waals surface area contributed by atoms with Crippen molar-refractivity contribution >= 4 is 11.6 Å². The van der Waals surface area contributed by atoms with Gasteiger partial charge in [0, 0.05) is 37.8 Å². The van der Waals surface area contributed by atoms with Gasteiger partial charge in [-0.05, 0) is 37.6 Å². The van der Waals surface area contributed by atoms with Gasteiger partial charge >= 0.3 is 0 Å². The van der Waals surface area contributed by atoms with Crippen molar-refractivity contribution in [3.8, 4) is 5.69 Å². The van der Waals surface area contributed by atoms with Gasteiger partial charge in [0.25, 0.3) is 0 Å². The monoisotopic (exact) mass is 327 g/mol. The topological polar surface area (TPSA) is 64.7 Å². The fraction of sp³-hybridized carbons (Fsp3) is 0.235. The van der Waals surface area contributed by atoms with Crippen LogP contribution in [0.4, 0.5) is 10.1 Å². The van der Waals surface area contributed by atoms with Crippen LogP contribution in [0.3, 0.4) is 0 Å². The summed E-state index contributed by atoms with van der Waals surface area (Å²) in [4.78, 5) is 16.3. The summed E-state index contributed by atoms with van der Waals surface area (Å²) in [6.07, 6.45) is 8.00. The van der Waals surface area contributed by atoms with Crippen LogP contribution in [0.1, 0.15) is 18.7 Å². The number of benzene rings is 1. The minimum absolute atomic E-state index is 0.160. The van der Waals surface area contributed by atoms with Gasteiger partial charge in [-0.25, -0.2) is 14.1 Å². The quantitative estimate of drug-likeness (QED) is 0.757. The van der Waals surface area contributed by atoms with E-state index in [1.54, 1.807) is 35.4 Å². The molecule has 0 aliphatic carbocycles. The highest BCUT2D eigenvalue weighted by atomic mass is 19.1. The molecule has 0 aliphatic rings. The first kappa shape index (κ1) is 15.9. The van der Waals surface area contributed by atoms with Gasteiger partial charge in [0.2, 0.25) is 5.91 Å². The number of imidazole rings is 1. The highest BCUT2D eigenvalue weighted by Gasteiger charge is 2.10. The number of hydrogen-bond acceptors (Lipinski definition) is 3. The van der Waals surface area contributed by atoms with Gasteiger partial charge in [-0.1, -0.05) is 0 Å². The first-order valence-corrected chi connectivity index (χ1v) is 7.70. The van der Waals surface area contributed by atoms with E-state index < -0.39 is 5.82 Å². The van der Waals surface area contributed by atoms with E-state index in [2.05, 4.69) is 15.4 Å². The molecule has 24 heavy (non-hydrogen) atoms. The van der Waals surface area contributed by atoms with E-state index in [0.717, 1.165) is 5.82 Å². The van der Waals surface area contributed by atoms with Crippen LogP contribution in [-0.4, -0.2) is 25.2 Å². The van der Waals surface area contributed by atoms with Crippen LogP contribution in [0.15, 0.2) is 49.1 Å². The Labute approximate surface area is 138 Å². The fourth-order valence-corrected chi connectivity index (χ4v) is 2.48. The van der Waals surface area contributed by atoms with Gasteiger partial charge in [0.15, 0.2) is 0 Å². The number of carbonyl (C=O) groups is 1. The molecule has 124 valence electrons. The summed E-state index contributed by atoms with van der Waals surface area (Å²) in [6, 6.07) is 6.00. The minimum atomic E-state index is -0.407. The van der Waals surface area contributed by atoms with Gasteiger partial charge < -0.3 is 9.88 Å². The summed E-state index contributed by atoms with van der Waals surface area (Å²) in [5.41, 5.74) is 1.03. The summed E-state index contributed by atoms with van der Waals surface area (Å²) in [5, 5.41) is 6.89. The zero-order valence-corrected chi connectivity index (χ0v) is 13.3. The lowest BCUT2D eigenvalue weighted by Gasteiger charge is -2.11. The normalized spacial score (nSPS) is 10.8. The Kier molecular flexibility index (Phi) is 4.69. The van der Waals surface area contributed by atoms with Gasteiger partial charge in [0.05, 0.1) is 11.4 Å². The van der Waals surface area contributed by atoms with Crippen molar-refractivity contribution in [3.63, 3.8) is 0 Å². The molecule has 0 radical (unpaired) electrons. The molecule has 1 N–H and O–H groups in total. The molecule has 2 heterocycles. The molecule has 0 unspecified atom stereocenters. The van der Waals surface area contributed by atoms with Crippen molar-refractivity contribution in [2.24, 2.45) is 0 Å². The Morgan fingerprint density at radius 1 is 1.29 bits per heavy atom. The van der Waals surface area contributed by atoms with Gasteiger partial charge in [-0.15, -0.1) is 0 Å². The zero-order chi connectivity index (χ0) is 16.9. The Hall–Kier alpha value is -2.96. The van der Waals surface area contributed by atoms with Gasteiger partial charge in [0.1, 0.15) is 11.6 Å². The van der Waals surface area contributed by atoms with E-state index in [9.17, 15) is 9.18 Å². The van der Waals surface area contributed by atoms with Crippen LogP contribution in [-0.2, 0) is 11.3 Å². The number of carbonyl (C=O) groups excluding carboxylic acids is 1. The van der Waals surface area contributed by atoms with Crippen molar-refractivity contribution < 1.29 is 9.18 Å². The lowest BCUT2D eigenvalue weighted by atomic mass is 10.2. The van der Waals surface area contributed by atoms with E-state index >= 15 is 0 Å². The van der Waals surface area contributed by atoms with Crippen molar-refractivity contribution in [1.82, 2.24) is 19.3 Å². The van der Waals surface area contributed by atoms with Crippen molar-refractivity contribution in [2.45, 2.75) is 26.3 Å². The average molecular weight is 327 g/mol. The molecular weight excluding hydrogens is 309 g/mol. The van der Waals surface area contributed by atoms with Crippen molar-refractivity contribution in [2.75, 3.05) is 5.32 Å². The van der Waals surface area contributed by atoms with E-state index in [1.807, 2.05) is 17.7 Å². The highest BCUT2D eigenvalue weighted by Crippen LogP contribution is 2.21. The third kappa shape index (κ3) is 3.68. The molecule has 1 amide bonds. The lowest BCUT2D eigenvalue weighted by molar-refractivity contribution is -0.116. The molecule has 3 rings (SSSR count). The number of halogens is 1. The molecule has 2 aromatic heterocycles. The average Bonchev–Trinajstić information content (AvgIpc) is 3.20. The molecule has 0 saturated heterocycles. The lowest BCUT2D eigenvalue weighted by Crippen LogP contribution is -2.14. The number of anilines is 1. The second-order valence-electron chi connectivity index (χ2n) is 5.43. The first-order valence-electron chi connectivity index (χ1n) is 7.70. The second kappa shape index (κ2) is 7.08. The number of hydrogen-bond donors (Lipinski definition) is 1. The smallest absolute Gasteiger partial charge is 0.224 e. The summed E-state index contributed by atoms with van der Waals surface area (Å²) < 4.78 is 17.1. The predicted octanol–water partition coefficient (Wildman–Crippen LogP) is 2.94. The van der Waals surface area contributed by atoms with Gasteiger partial charge in [-0.3, -0.25) is 4.79 Å². The van der Waals surface area contributed by atoms with E-state index in [1.165, 1.54) is 12.1 Å². The molecule has 0 bridgehead atoms. The molecule has 0 saturated carbocycles. The Balaban J connectivity index is 1.64. The Morgan fingerprint density at radius 2 is 2.17 bits per heavy atom. The van der Waals surface area contributed by atoms with Crippen LogP contribution in [0.5, 0.6) is 0 Å². The summed E-state index contributed by atoms with van der Waals surface area (Å²) >= 11 is 0. The number of nitrogens with zero attached hydrogens (tertiary/aromatic N) is 4. The maximum atomic E-state index is 13.5. The maximum absolute atomic E-state index is 13.5. The van der Waals surface area contributed by atoms with Crippen molar-refractivity contribution in [1.29, 1.82) is 0 Å². The van der Waals surface area contributed by atoms with Crippen LogP contribution >= 0.6 is 0 Å². The third-order valence-electron chi connectivity index (χ3n) is 3.71. The molecular formula is C17H18FN5O. The van der Waals surface area contributed by atoms with Crippen LogP contribution in [0.2, 0.25) is 0 Å². The largest absolute Gasteiger partial charge is 0.335 e. The number of amides is 1. The van der Waals surface area contributed by atoms with Crippen molar-refractivity contribution in [3.05, 3.63) is 60.7 Å². The molecule has 0 fully saturated rings. The molecule has 0 aliphatic heterocycles. The SMILES string of the molecule is Cc1nccn1CCCC(=O)Nc1cc(F)ccc1-n1cccn1. The summed E-state index contributed by atoms with van der Waals surface area (Å²) in [5.74, 6) is 0.350.